The molecule has 12 nitrogen and oxygen atoms in total. The van der Waals surface area contributed by atoms with Gasteiger partial charge in [-0.05, 0) is 38.0 Å². The van der Waals surface area contributed by atoms with Crippen LogP contribution in [-0.2, 0) is 24.6 Å². The number of carbonyl (C=O) groups excluding carboxylic acids is 1. The number of hydrogen-bond acceptors (Lipinski definition) is 8. The van der Waals surface area contributed by atoms with Crippen molar-refractivity contribution in [3.8, 4) is 5.69 Å². The first-order valence-corrected chi connectivity index (χ1v) is 18.5. The Morgan fingerprint density at radius 2 is 1.52 bits per heavy atom. The largest absolute Gasteiger partial charge is 0.381 e. The van der Waals surface area contributed by atoms with Gasteiger partial charge in [-0.3, -0.25) is 15.6 Å². The first kappa shape index (κ1) is 35.4. The first-order chi connectivity index (χ1) is 19.9. The highest BCUT2D eigenvalue weighted by atomic mass is 32.2. The molecule has 0 aliphatic carbocycles. The van der Waals surface area contributed by atoms with Crippen LogP contribution in [0.2, 0.25) is 0 Å². The van der Waals surface area contributed by atoms with Crippen LogP contribution in [0.25, 0.3) is 5.69 Å². The van der Waals surface area contributed by atoms with E-state index in [4.69, 9.17) is 4.74 Å². The second-order valence-corrected chi connectivity index (χ2v) is 14.2. The van der Waals surface area contributed by atoms with E-state index in [1.165, 1.54) is 75.5 Å². The fourth-order valence-corrected chi connectivity index (χ4v) is 6.12. The van der Waals surface area contributed by atoms with E-state index in [9.17, 15) is 21.6 Å². The molecular formula is C28H48N6O6S2. The van der Waals surface area contributed by atoms with Crippen LogP contribution in [0.15, 0.2) is 29.2 Å². The molecule has 0 fully saturated rings. The van der Waals surface area contributed by atoms with E-state index < -0.39 is 25.9 Å². The molecule has 0 unspecified atom stereocenters. The monoisotopic (exact) mass is 628 g/mol. The maximum atomic E-state index is 12.5. The number of anilines is 2. The lowest BCUT2D eigenvalue weighted by Crippen LogP contribution is -2.40. The van der Waals surface area contributed by atoms with Crippen LogP contribution in [0.1, 0.15) is 83.2 Å². The lowest BCUT2D eigenvalue weighted by Gasteiger charge is -2.14. The number of ether oxygens (including phenoxy) is 1. The molecule has 0 radical (unpaired) electrons. The number of hydrogen-bond donors (Lipinski definition) is 4. The van der Waals surface area contributed by atoms with Crippen LogP contribution in [0.3, 0.4) is 0 Å². The molecule has 0 aliphatic rings. The molecule has 0 atom stereocenters. The van der Waals surface area contributed by atoms with E-state index >= 15 is 0 Å². The Kier molecular flexibility index (Phi) is 15.1. The number of benzene rings is 1. The number of nitrogens with zero attached hydrogens (tertiary/aromatic N) is 2. The average Bonchev–Trinajstić information content (AvgIpc) is 3.25. The number of nitrogens with one attached hydrogen (secondary N) is 4. The molecule has 2 aromatic rings. The van der Waals surface area contributed by atoms with E-state index in [0.29, 0.717) is 31.9 Å². The van der Waals surface area contributed by atoms with Crippen LogP contribution in [0, 0.1) is 6.92 Å². The molecular weight excluding hydrogens is 580 g/mol. The summed E-state index contributed by atoms with van der Waals surface area (Å²) in [5, 5.41) is 7.02. The Labute approximate surface area is 251 Å². The molecule has 1 heterocycles. The standard InChI is InChI=1S/C28H48N6O6S2/c1-5-6-7-8-9-10-11-12-13-14-20-40-21-16-19-29-28(35)31-30-27-26(41(3,36)37)23(2)32-34(27)25-18-15-17-24(22-25)33-42(4,38)39/h15,17-18,22,30,33H,5-14,16,19-21H2,1-4H3,(H2,29,31,35). The lowest BCUT2D eigenvalue weighted by atomic mass is 10.1. The van der Waals surface area contributed by atoms with Crippen LogP contribution >= 0.6 is 0 Å². The van der Waals surface area contributed by atoms with Crippen molar-refractivity contribution < 1.29 is 26.4 Å². The van der Waals surface area contributed by atoms with Crippen LogP contribution in [0.5, 0.6) is 0 Å². The fourth-order valence-electron chi connectivity index (χ4n) is 4.50. The number of unbranched alkanes of at least 4 members (excludes halogenated alkanes) is 9. The number of urea groups is 1. The Morgan fingerprint density at radius 3 is 2.14 bits per heavy atom. The Hall–Kier alpha value is -2.84. The summed E-state index contributed by atoms with van der Waals surface area (Å²) in [6.45, 7) is 5.39. The number of sulfonamides is 1. The molecule has 0 bridgehead atoms. The molecule has 42 heavy (non-hydrogen) atoms. The highest BCUT2D eigenvalue weighted by Crippen LogP contribution is 2.28. The minimum absolute atomic E-state index is 0.0153. The summed E-state index contributed by atoms with van der Waals surface area (Å²) < 4.78 is 57.7. The highest BCUT2D eigenvalue weighted by molar-refractivity contribution is 7.92. The summed E-state index contributed by atoms with van der Waals surface area (Å²) in [6, 6.07) is 5.73. The maximum Gasteiger partial charge on any atom is 0.333 e. The average molecular weight is 629 g/mol. The summed E-state index contributed by atoms with van der Waals surface area (Å²) in [5.74, 6) is 0.0153. The molecule has 0 aliphatic heterocycles. The molecule has 0 saturated carbocycles. The van der Waals surface area contributed by atoms with Gasteiger partial charge in [0.2, 0.25) is 10.0 Å². The van der Waals surface area contributed by atoms with Crippen LogP contribution in [0.4, 0.5) is 16.3 Å². The zero-order chi connectivity index (χ0) is 31.0. The molecule has 238 valence electrons. The maximum absolute atomic E-state index is 12.5. The Bertz CT molecular complexity index is 1330. The van der Waals surface area contributed by atoms with Gasteiger partial charge in [-0.1, -0.05) is 70.8 Å². The highest BCUT2D eigenvalue weighted by Gasteiger charge is 2.25. The van der Waals surface area contributed by atoms with Gasteiger partial charge >= 0.3 is 6.03 Å². The van der Waals surface area contributed by atoms with E-state index in [-0.39, 0.29) is 22.1 Å². The zero-order valence-electron chi connectivity index (χ0n) is 25.4. The van der Waals surface area contributed by atoms with Crippen LogP contribution < -0.4 is 20.9 Å². The summed E-state index contributed by atoms with van der Waals surface area (Å²) >= 11 is 0. The second-order valence-electron chi connectivity index (χ2n) is 10.5. The van der Waals surface area contributed by atoms with Gasteiger partial charge in [-0.2, -0.15) is 5.10 Å². The summed E-state index contributed by atoms with van der Waals surface area (Å²) in [6.07, 6.45) is 15.5. The van der Waals surface area contributed by atoms with Gasteiger partial charge in [0.05, 0.1) is 23.3 Å². The summed E-state index contributed by atoms with van der Waals surface area (Å²) in [7, 11) is -7.25. The van der Waals surface area contributed by atoms with Gasteiger partial charge in [0.25, 0.3) is 0 Å². The number of amides is 2. The predicted octanol–water partition coefficient (Wildman–Crippen LogP) is 4.91. The number of hydrazine groups is 1. The van der Waals surface area contributed by atoms with Crippen molar-refractivity contribution in [2.75, 3.05) is 42.4 Å². The molecule has 4 N–H and O–H groups in total. The molecule has 0 saturated heterocycles. The van der Waals surface area contributed by atoms with Crippen molar-refractivity contribution >= 4 is 37.4 Å². The normalized spacial score (nSPS) is 11.8. The number of aryl methyl sites for hydroxylation is 1. The topological polar surface area (TPSA) is 161 Å². The molecule has 2 amide bonds. The molecule has 1 aromatic carbocycles. The smallest absolute Gasteiger partial charge is 0.333 e. The molecule has 14 heteroatoms. The van der Waals surface area contributed by atoms with Crippen molar-refractivity contribution in [2.24, 2.45) is 0 Å². The Morgan fingerprint density at radius 1 is 0.905 bits per heavy atom. The minimum atomic E-state index is -3.73. The van der Waals surface area contributed by atoms with Crippen molar-refractivity contribution in [2.45, 2.75) is 89.4 Å². The third-order valence-corrected chi connectivity index (χ3v) is 8.29. The number of aromatic nitrogens is 2. The fraction of sp³-hybridized carbons (Fsp3) is 0.643. The third kappa shape index (κ3) is 13.4. The molecule has 0 spiro atoms. The van der Waals surface area contributed by atoms with Crippen molar-refractivity contribution in [3.63, 3.8) is 0 Å². The quantitative estimate of drug-likeness (QED) is 0.112. The van der Waals surface area contributed by atoms with Gasteiger partial charge in [0, 0.05) is 26.0 Å². The molecule has 2 rings (SSSR count). The molecule has 1 aromatic heterocycles. The number of carbonyl (C=O) groups is 1. The Balaban J connectivity index is 1.78. The van der Waals surface area contributed by atoms with E-state index in [0.717, 1.165) is 18.9 Å². The lowest BCUT2D eigenvalue weighted by molar-refractivity contribution is 0.127. The van der Waals surface area contributed by atoms with Gasteiger partial charge in [0.1, 0.15) is 4.90 Å². The van der Waals surface area contributed by atoms with Gasteiger partial charge in [-0.15, -0.1) is 0 Å². The second kappa shape index (κ2) is 18.0. The third-order valence-electron chi connectivity index (χ3n) is 6.46. The van der Waals surface area contributed by atoms with Crippen molar-refractivity contribution in [1.82, 2.24) is 20.5 Å². The van der Waals surface area contributed by atoms with Gasteiger partial charge in [0.15, 0.2) is 15.7 Å². The zero-order valence-corrected chi connectivity index (χ0v) is 27.0. The number of sulfone groups is 1. The SMILES string of the molecule is CCCCCCCCCCCCOCCCNC(=O)NNc1c(S(C)(=O)=O)c(C)nn1-c1cccc(NS(C)(=O)=O)c1. The van der Waals surface area contributed by atoms with E-state index in [1.807, 2.05) is 0 Å². The number of rotatable bonds is 21. The first-order valence-electron chi connectivity index (χ1n) is 14.7. The van der Waals surface area contributed by atoms with Crippen LogP contribution in [-0.4, -0.2) is 64.9 Å². The summed E-state index contributed by atoms with van der Waals surface area (Å²) in [5.41, 5.74) is 5.99. The van der Waals surface area contributed by atoms with Gasteiger partial charge < -0.3 is 10.1 Å². The van der Waals surface area contributed by atoms with Crippen molar-refractivity contribution in [1.29, 1.82) is 0 Å². The summed E-state index contributed by atoms with van der Waals surface area (Å²) in [4.78, 5) is 12.3. The van der Waals surface area contributed by atoms with E-state index in [2.05, 4.69) is 32.9 Å². The minimum Gasteiger partial charge on any atom is -0.381 e. The van der Waals surface area contributed by atoms with Gasteiger partial charge in [-0.25, -0.2) is 26.3 Å². The predicted molar refractivity (Wildman–Crippen MR) is 167 cm³/mol. The van der Waals surface area contributed by atoms with E-state index in [1.54, 1.807) is 18.2 Å². The van der Waals surface area contributed by atoms with Crippen molar-refractivity contribution in [3.05, 3.63) is 30.0 Å².